The Morgan fingerprint density at radius 2 is 1.92 bits per heavy atom. The van der Waals surface area contributed by atoms with Gasteiger partial charge < -0.3 is 15.1 Å². The molecule has 5 nitrogen and oxygen atoms in total. The van der Waals surface area contributed by atoms with E-state index in [1.807, 2.05) is 35.2 Å². The first kappa shape index (κ1) is 15.6. The average molecular weight is 327 g/mol. The Labute approximate surface area is 143 Å². The lowest BCUT2D eigenvalue weighted by molar-refractivity contribution is -0.138. The van der Waals surface area contributed by atoms with Gasteiger partial charge in [0, 0.05) is 38.1 Å². The van der Waals surface area contributed by atoms with Gasteiger partial charge in [0.2, 0.25) is 11.8 Å². The maximum absolute atomic E-state index is 13.1. The maximum atomic E-state index is 13.1. The Kier molecular flexibility index (Phi) is 4.27. The predicted octanol–water partition coefficient (Wildman–Crippen LogP) is 1.39. The summed E-state index contributed by atoms with van der Waals surface area (Å²) in [6, 6.07) is 10.7. The number of amides is 2. The maximum Gasteiger partial charge on any atom is 0.228 e. The molecule has 2 bridgehead atoms. The first-order valence-corrected chi connectivity index (χ1v) is 9.07. The summed E-state index contributed by atoms with van der Waals surface area (Å²) in [5, 5.41) is 3.43. The first-order valence-electron chi connectivity index (χ1n) is 9.07. The van der Waals surface area contributed by atoms with Crippen molar-refractivity contribution in [1.29, 1.82) is 0 Å². The number of likely N-dealkylation sites (tertiary alicyclic amines) is 1. The van der Waals surface area contributed by atoms with Crippen LogP contribution in [0.2, 0.25) is 0 Å². The summed E-state index contributed by atoms with van der Waals surface area (Å²) in [4.78, 5) is 29.4. The lowest BCUT2D eigenvalue weighted by atomic mass is 10.1. The van der Waals surface area contributed by atoms with Gasteiger partial charge >= 0.3 is 0 Å². The minimum atomic E-state index is -0.164. The number of hydrogen-bond acceptors (Lipinski definition) is 3. The van der Waals surface area contributed by atoms with E-state index in [9.17, 15) is 9.59 Å². The van der Waals surface area contributed by atoms with E-state index in [0.29, 0.717) is 31.6 Å². The zero-order chi connectivity index (χ0) is 16.5. The van der Waals surface area contributed by atoms with E-state index >= 15 is 0 Å². The second kappa shape index (κ2) is 6.55. The van der Waals surface area contributed by atoms with Crippen molar-refractivity contribution in [2.45, 2.75) is 44.3 Å². The fourth-order valence-electron chi connectivity index (χ4n) is 4.45. The topological polar surface area (TPSA) is 52.7 Å². The third kappa shape index (κ3) is 2.93. The van der Waals surface area contributed by atoms with E-state index < -0.39 is 0 Å². The van der Waals surface area contributed by atoms with Crippen molar-refractivity contribution in [3.05, 3.63) is 35.9 Å². The molecule has 0 saturated carbocycles. The standard InChI is InChI=1S/C19H25N3O2/c23-18-10-15(13-21(18)12-14-4-2-1-3-5-14)19(24)22-16-6-7-17(22)11-20-9-8-16/h1-5,15-17,20H,6-13H2. The number of fused-ring (bicyclic) bond motifs is 2. The summed E-state index contributed by atoms with van der Waals surface area (Å²) >= 11 is 0. The molecule has 3 saturated heterocycles. The Balaban J connectivity index is 1.43. The molecule has 0 aliphatic carbocycles. The average Bonchev–Trinajstić information content (AvgIpc) is 3.06. The van der Waals surface area contributed by atoms with Crippen molar-refractivity contribution in [3.63, 3.8) is 0 Å². The van der Waals surface area contributed by atoms with Crippen LogP contribution in [0.25, 0.3) is 0 Å². The minimum absolute atomic E-state index is 0.109. The van der Waals surface area contributed by atoms with Crippen LogP contribution in [0, 0.1) is 5.92 Å². The zero-order valence-electron chi connectivity index (χ0n) is 14.0. The van der Waals surface area contributed by atoms with Crippen LogP contribution in [0.3, 0.4) is 0 Å². The lowest BCUT2D eigenvalue weighted by Gasteiger charge is -2.30. The molecule has 0 aromatic heterocycles. The number of carbonyl (C=O) groups is 2. The summed E-state index contributed by atoms with van der Waals surface area (Å²) in [5.41, 5.74) is 1.12. The fraction of sp³-hybridized carbons (Fsp3) is 0.579. The Bertz CT molecular complexity index is 604. The van der Waals surface area contributed by atoms with Crippen LogP contribution < -0.4 is 5.32 Å². The van der Waals surface area contributed by atoms with Gasteiger partial charge in [-0.15, -0.1) is 0 Å². The largest absolute Gasteiger partial charge is 0.338 e. The molecule has 5 heteroatoms. The van der Waals surface area contributed by atoms with Crippen LogP contribution in [0.15, 0.2) is 30.3 Å². The van der Waals surface area contributed by atoms with E-state index in [1.165, 1.54) is 0 Å². The second-order valence-corrected chi connectivity index (χ2v) is 7.28. The predicted molar refractivity (Wildman–Crippen MR) is 91.1 cm³/mol. The molecule has 3 aliphatic rings. The summed E-state index contributed by atoms with van der Waals surface area (Å²) in [7, 11) is 0. The molecular weight excluding hydrogens is 302 g/mol. The number of benzene rings is 1. The van der Waals surface area contributed by atoms with Crippen LogP contribution in [-0.4, -0.2) is 53.3 Å². The third-order valence-corrected chi connectivity index (χ3v) is 5.69. The third-order valence-electron chi connectivity index (χ3n) is 5.69. The van der Waals surface area contributed by atoms with Gasteiger partial charge in [-0.2, -0.15) is 0 Å². The highest BCUT2D eigenvalue weighted by molar-refractivity contribution is 5.89. The van der Waals surface area contributed by atoms with Gasteiger partial charge in [-0.3, -0.25) is 9.59 Å². The lowest BCUT2D eigenvalue weighted by Crippen LogP contribution is -2.46. The molecule has 128 valence electrons. The molecule has 0 spiro atoms. The summed E-state index contributed by atoms with van der Waals surface area (Å²) < 4.78 is 0. The summed E-state index contributed by atoms with van der Waals surface area (Å²) in [5.74, 6) is 0.148. The zero-order valence-corrected chi connectivity index (χ0v) is 14.0. The molecule has 3 atom stereocenters. The van der Waals surface area contributed by atoms with Gasteiger partial charge in [0.05, 0.1) is 5.92 Å². The first-order chi connectivity index (χ1) is 11.7. The van der Waals surface area contributed by atoms with E-state index in [1.54, 1.807) is 0 Å². The van der Waals surface area contributed by atoms with Crippen LogP contribution in [-0.2, 0) is 16.1 Å². The molecule has 0 radical (unpaired) electrons. The van der Waals surface area contributed by atoms with E-state index in [-0.39, 0.29) is 17.7 Å². The smallest absolute Gasteiger partial charge is 0.228 e. The van der Waals surface area contributed by atoms with E-state index in [0.717, 1.165) is 37.9 Å². The fourth-order valence-corrected chi connectivity index (χ4v) is 4.45. The van der Waals surface area contributed by atoms with E-state index in [2.05, 4.69) is 10.2 Å². The quantitative estimate of drug-likeness (QED) is 0.913. The molecule has 4 rings (SSSR count). The van der Waals surface area contributed by atoms with Gasteiger partial charge in [0.15, 0.2) is 0 Å². The van der Waals surface area contributed by atoms with Crippen molar-refractivity contribution < 1.29 is 9.59 Å². The highest BCUT2D eigenvalue weighted by Crippen LogP contribution is 2.32. The van der Waals surface area contributed by atoms with Crippen LogP contribution >= 0.6 is 0 Å². The van der Waals surface area contributed by atoms with Gasteiger partial charge in [-0.1, -0.05) is 30.3 Å². The molecule has 3 aliphatic heterocycles. The van der Waals surface area contributed by atoms with Crippen LogP contribution in [0.4, 0.5) is 0 Å². The van der Waals surface area contributed by atoms with Gasteiger partial charge in [-0.05, 0) is 31.4 Å². The van der Waals surface area contributed by atoms with E-state index in [4.69, 9.17) is 0 Å². The molecule has 1 aromatic rings. The monoisotopic (exact) mass is 327 g/mol. The highest BCUT2D eigenvalue weighted by Gasteiger charge is 2.43. The summed E-state index contributed by atoms with van der Waals surface area (Å²) in [6.07, 6.45) is 3.62. The van der Waals surface area contributed by atoms with Gasteiger partial charge in [0.25, 0.3) is 0 Å². The van der Waals surface area contributed by atoms with Gasteiger partial charge in [0.1, 0.15) is 0 Å². The normalized spacial score (nSPS) is 29.8. The molecule has 2 amide bonds. The molecule has 3 fully saturated rings. The Hall–Kier alpha value is -1.88. The van der Waals surface area contributed by atoms with Crippen LogP contribution in [0.1, 0.15) is 31.2 Å². The Morgan fingerprint density at radius 1 is 1.12 bits per heavy atom. The number of hydrogen-bond donors (Lipinski definition) is 1. The minimum Gasteiger partial charge on any atom is -0.338 e. The number of carbonyl (C=O) groups excluding carboxylic acids is 2. The molecule has 24 heavy (non-hydrogen) atoms. The second-order valence-electron chi connectivity index (χ2n) is 7.28. The molecule has 3 unspecified atom stereocenters. The van der Waals surface area contributed by atoms with Gasteiger partial charge in [-0.25, -0.2) is 0 Å². The number of nitrogens with one attached hydrogen (secondary N) is 1. The molecule has 1 N–H and O–H groups in total. The molecular formula is C19H25N3O2. The molecule has 3 heterocycles. The van der Waals surface area contributed by atoms with Crippen molar-refractivity contribution in [3.8, 4) is 0 Å². The Morgan fingerprint density at radius 3 is 2.75 bits per heavy atom. The van der Waals surface area contributed by atoms with Crippen molar-refractivity contribution in [2.24, 2.45) is 5.92 Å². The number of rotatable bonds is 3. The highest BCUT2D eigenvalue weighted by atomic mass is 16.2. The van der Waals surface area contributed by atoms with Crippen LogP contribution in [0.5, 0.6) is 0 Å². The SMILES string of the molecule is O=C1CC(C(=O)N2C3CCNCC2CC3)CN1Cc1ccccc1. The van der Waals surface area contributed by atoms with Crippen molar-refractivity contribution in [2.75, 3.05) is 19.6 Å². The summed E-state index contributed by atoms with van der Waals surface area (Å²) in [6.45, 7) is 3.07. The number of nitrogens with zero attached hydrogens (tertiary/aromatic N) is 2. The van der Waals surface area contributed by atoms with Crippen molar-refractivity contribution in [1.82, 2.24) is 15.1 Å². The van der Waals surface area contributed by atoms with Crippen molar-refractivity contribution >= 4 is 11.8 Å². The molecule has 1 aromatic carbocycles.